The summed E-state index contributed by atoms with van der Waals surface area (Å²) in [6.45, 7) is 3.76. The SMILES string of the molecule is CCC1CC(=O)NC(SCC(=O)N2CCC(Cc3ccccc3)CC2)N1. The van der Waals surface area contributed by atoms with E-state index in [0.717, 1.165) is 38.8 Å². The summed E-state index contributed by atoms with van der Waals surface area (Å²) in [4.78, 5) is 26.2. The number of nitrogens with one attached hydrogen (secondary N) is 2. The fourth-order valence-electron chi connectivity index (χ4n) is 3.68. The Morgan fingerprint density at radius 1 is 1.23 bits per heavy atom. The molecule has 2 fully saturated rings. The largest absolute Gasteiger partial charge is 0.342 e. The van der Waals surface area contributed by atoms with Gasteiger partial charge in [0.2, 0.25) is 11.8 Å². The predicted octanol–water partition coefficient (Wildman–Crippen LogP) is 2.37. The molecule has 0 bridgehead atoms. The Labute approximate surface area is 160 Å². The number of hydrogen-bond donors (Lipinski definition) is 2. The molecule has 2 aliphatic heterocycles. The van der Waals surface area contributed by atoms with Gasteiger partial charge in [0.05, 0.1) is 5.75 Å². The van der Waals surface area contributed by atoms with Gasteiger partial charge in [-0.15, -0.1) is 11.8 Å². The molecule has 6 heteroatoms. The molecule has 0 spiro atoms. The van der Waals surface area contributed by atoms with Crippen LogP contribution in [-0.2, 0) is 16.0 Å². The summed E-state index contributed by atoms with van der Waals surface area (Å²) >= 11 is 1.49. The van der Waals surface area contributed by atoms with Gasteiger partial charge in [-0.05, 0) is 37.2 Å². The molecule has 5 nitrogen and oxygen atoms in total. The molecular weight excluding hydrogens is 346 g/mol. The lowest BCUT2D eigenvalue weighted by atomic mass is 9.90. The summed E-state index contributed by atoms with van der Waals surface area (Å²) in [6.07, 6.45) is 4.70. The van der Waals surface area contributed by atoms with Crippen LogP contribution >= 0.6 is 11.8 Å². The van der Waals surface area contributed by atoms with E-state index in [1.807, 2.05) is 4.90 Å². The third-order valence-electron chi connectivity index (χ3n) is 5.31. The maximum Gasteiger partial charge on any atom is 0.232 e. The molecule has 26 heavy (non-hydrogen) atoms. The number of nitrogens with zero attached hydrogens (tertiary/aromatic N) is 1. The monoisotopic (exact) mass is 375 g/mol. The first kappa shape index (κ1) is 19.2. The smallest absolute Gasteiger partial charge is 0.232 e. The van der Waals surface area contributed by atoms with E-state index in [-0.39, 0.29) is 23.4 Å². The number of rotatable bonds is 6. The molecule has 142 valence electrons. The maximum atomic E-state index is 12.5. The Morgan fingerprint density at radius 2 is 1.96 bits per heavy atom. The predicted molar refractivity (Wildman–Crippen MR) is 106 cm³/mol. The van der Waals surface area contributed by atoms with Crippen LogP contribution < -0.4 is 10.6 Å². The fourth-order valence-corrected chi connectivity index (χ4v) is 4.67. The van der Waals surface area contributed by atoms with Crippen molar-refractivity contribution in [2.75, 3.05) is 18.8 Å². The van der Waals surface area contributed by atoms with E-state index in [1.54, 1.807) is 0 Å². The minimum atomic E-state index is -0.152. The normalized spacial score (nSPS) is 24.3. The van der Waals surface area contributed by atoms with E-state index in [1.165, 1.54) is 17.3 Å². The third-order valence-corrected chi connectivity index (χ3v) is 6.31. The molecule has 0 saturated carbocycles. The van der Waals surface area contributed by atoms with Crippen molar-refractivity contribution < 1.29 is 9.59 Å². The molecule has 3 rings (SSSR count). The van der Waals surface area contributed by atoms with Gasteiger partial charge >= 0.3 is 0 Å². The average Bonchev–Trinajstić information content (AvgIpc) is 2.67. The Morgan fingerprint density at radius 3 is 2.65 bits per heavy atom. The highest BCUT2D eigenvalue weighted by Gasteiger charge is 2.27. The van der Waals surface area contributed by atoms with Gasteiger partial charge in [0.15, 0.2) is 0 Å². The molecule has 2 saturated heterocycles. The number of thioether (sulfide) groups is 1. The van der Waals surface area contributed by atoms with Gasteiger partial charge in [0, 0.05) is 25.6 Å². The second-order valence-corrected chi connectivity index (χ2v) is 8.34. The molecule has 1 aromatic carbocycles. The van der Waals surface area contributed by atoms with E-state index in [0.29, 0.717) is 18.1 Å². The lowest BCUT2D eigenvalue weighted by Crippen LogP contribution is -2.55. The van der Waals surface area contributed by atoms with E-state index >= 15 is 0 Å². The van der Waals surface area contributed by atoms with E-state index < -0.39 is 0 Å². The molecule has 0 aromatic heterocycles. The van der Waals surface area contributed by atoms with Crippen LogP contribution in [0.25, 0.3) is 0 Å². The second kappa shape index (κ2) is 9.42. The van der Waals surface area contributed by atoms with E-state index in [2.05, 4.69) is 47.9 Å². The summed E-state index contributed by atoms with van der Waals surface area (Å²) in [5.41, 5.74) is 1.23. The topological polar surface area (TPSA) is 61.4 Å². The Kier molecular flexibility index (Phi) is 6.97. The summed E-state index contributed by atoms with van der Waals surface area (Å²) in [5, 5.41) is 6.30. The molecule has 0 radical (unpaired) electrons. The molecule has 2 unspecified atom stereocenters. The highest BCUT2D eigenvalue weighted by Crippen LogP contribution is 2.23. The quantitative estimate of drug-likeness (QED) is 0.801. The van der Waals surface area contributed by atoms with Crippen molar-refractivity contribution in [1.82, 2.24) is 15.5 Å². The first-order valence-corrected chi connectivity index (χ1v) is 10.7. The fraction of sp³-hybridized carbons (Fsp3) is 0.600. The van der Waals surface area contributed by atoms with Crippen molar-refractivity contribution >= 4 is 23.6 Å². The van der Waals surface area contributed by atoms with E-state index in [9.17, 15) is 9.59 Å². The van der Waals surface area contributed by atoms with Crippen molar-refractivity contribution in [3.8, 4) is 0 Å². The van der Waals surface area contributed by atoms with Crippen LogP contribution in [0, 0.1) is 5.92 Å². The van der Waals surface area contributed by atoms with Gasteiger partial charge < -0.3 is 10.2 Å². The van der Waals surface area contributed by atoms with Crippen molar-refractivity contribution in [3.63, 3.8) is 0 Å². The van der Waals surface area contributed by atoms with Crippen LogP contribution in [0.2, 0.25) is 0 Å². The van der Waals surface area contributed by atoms with Gasteiger partial charge in [-0.3, -0.25) is 14.9 Å². The summed E-state index contributed by atoms with van der Waals surface area (Å²) in [5.74, 6) is 1.33. The molecule has 2 amide bonds. The van der Waals surface area contributed by atoms with Crippen LogP contribution in [-0.4, -0.2) is 47.1 Å². The number of carbonyl (C=O) groups is 2. The van der Waals surface area contributed by atoms with Gasteiger partial charge in [-0.2, -0.15) is 0 Å². The highest BCUT2D eigenvalue weighted by molar-refractivity contribution is 8.00. The summed E-state index contributed by atoms with van der Waals surface area (Å²) in [7, 11) is 0. The van der Waals surface area contributed by atoms with Gasteiger partial charge in [-0.25, -0.2) is 0 Å². The van der Waals surface area contributed by atoms with Gasteiger partial charge in [-0.1, -0.05) is 37.3 Å². The molecule has 2 heterocycles. The number of carbonyl (C=O) groups excluding carboxylic acids is 2. The van der Waals surface area contributed by atoms with Crippen LogP contribution in [0.5, 0.6) is 0 Å². The van der Waals surface area contributed by atoms with Crippen molar-refractivity contribution in [3.05, 3.63) is 35.9 Å². The third kappa shape index (κ3) is 5.48. The minimum absolute atomic E-state index is 0.0716. The van der Waals surface area contributed by atoms with Crippen molar-refractivity contribution in [2.45, 2.75) is 50.6 Å². The zero-order valence-corrected chi connectivity index (χ0v) is 16.3. The van der Waals surface area contributed by atoms with Crippen LogP contribution in [0.4, 0.5) is 0 Å². The molecule has 2 atom stereocenters. The number of benzene rings is 1. The van der Waals surface area contributed by atoms with Crippen LogP contribution in [0.15, 0.2) is 30.3 Å². The van der Waals surface area contributed by atoms with Crippen LogP contribution in [0.1, 0.15) is 38.2 Å². The zero-order chi connectivity index (χ0) is 18.4. The highest BCUT2D eigenvalue weighted by atomic mass is 32.2. The number of amides is 2. The Balaban J connectivity index is 1.39. The zero-order valence-electron chi connectivity index (χ0n) is 15.4. The Hall–Kier alpha value is -1.53. The standard InChI is InChI=1S/C20H29N3O2S/c1-2-17-13-18(24)22-20(21-17)26-14-19(25)23-10-8-16(9-11-23)12-15-6-4-3-5-7-15/h3-7,16-17,20-21H,2,8-14H2,1H3,(H,22,24). The second-order valence-electron chi connectivity index (χ2n) is 7.25. The van der Waals surface area contributed by atoms with E-state index in [4.69, 9.17) is 0 Å². The average molecular weight is 376 g/mol. The van der Waals surface area contributed by atoms with Crippen LogP contribution in [0.3, 0.4) is 0 Å². The molecule has 1 aromatic rings. The molecular formula is C20H29N3O2S. The lowest BCUT2D eigenvalue weighted by molar-refractivity contribution is -0.129. The summed E-state index contributed by atoms with van der Waals surface area (Å²) < 4.78 is 0. The lowest BCUT2D eigenvalue weighted by Gasteiger charge is -2.33. The minimum Gasteiger partial charge on any atom is -0.342 e. The van der Waals surface area contributed by atoms with Gasteiger partial charge in [0.25, 0.3) is 0 Å². The molecule has 2 aliphatic rings. The number of hydrogen-bond acceptors (Lipinski definition) is 4. The van der Waals surface area contributed by atoms with Crippen molar-refractivity contribution in [2.24, 2.45) is 5.92 Å². The molecule has 2 N–H and O–H groups in total. The van der Waals surface area contributed by atoms with Crippen molar-refractivity contribution in [1.29, 1.82) is 0 Å². The first-order valence-electron chi connectivity index (χ1n) is 9.62. The maximum absolute atomic E-state index is 12.5. The first-order chi connectivity index (χ1) is 12.6. The molecule has 0 aliphatic carbocycles. The summed E-state index contributed by atoms with van der Waals surface area (Å²) in [6, 6.07) is 10.8. The number of piperidine rings is 1. The van der Waals surface area contributed by atoms with Gasteiger partial charge in [0.1, 0.15) is 5.50 Å². The Bertz CT molecular complexity index is 602. The number of likely N-dealkylation sites (tertiary alicyclic amines) is 1.